The van der Waals surface area contributed by atoms with E-state index in [-0.39, 0.29) is 0 Å². The summed E-state index contributed by atoms with van der Waals surface area (Å²) in [6.45, 7) is 0.914. The first-order chi connectivity index (χ1) is 6.45. The molecule has 0 N–H and O–H groups in total. The van der Waals surface area contributed by atoms with Crippen molar-refractivity contribution in [2.45, 2.75) is 19.3 Å². The zero-order valence-corrected chi connectivity index (χ0v) is 7.70. The maximum Gasteiger partial charge on any atom is 0.0954 e. The van der Waals surface area contributed by atoms with E-state index in [1.165, 1.54) is 11.3 Å². The molecule has 1 nitrogen and oxygen atoms in total. The maximum atomic E-state index is 5.23. The predicted molar refractivity (Wildman–Crippen MR) is 53.4 cm³/mol. The Hall–Kier alpha value is -1.24. The van der Waals surface area contributed by atoms with Gasteiger partial charge in [0.05, 0.1) is 12.4 Å². The number of hydrogen-bond acceptors (Lipinski definition) is 1. The van der Waals surface area contributed by atoms with Gasteiger partial charge in [-0.1, -0.05) is 30.3 Å². The summed E-state index contributed by atoms with van der Waals surface area (Å²) in [6.07, 6.45) is 5.55. The third-order valence-corrected chi connectivity index (χ3v) is 2.28. The van der Waals surface area contributed by atoms with Crippen LogP contribution in [0.3, 0.4) is 0 Å². The second-order valence-corrected chi connectivity index (χ2v) is 3.29. The Morgan fingerprint density at radius 3 is 2.62 bits per heavy atom. The minimum atomic E-state index is 0.914. The van der Waals surface area contributed by atoms with Crippen LogP contribution in [0.5, 0.6) is 0 Å². The van der Waals surface area contributed by atoms with Gasteiger partial charge in [-0.3, -0.25) is 0 Å². The van der Waals surface area contributed by atoms with E-state index in [9.17, 15) is 0 Å². The Labute approximate surface area is 79.0 Å². The molecule has 1 aliphatic rings. The molecule has 0 amide bonds. The molecule has 1 aliphatic heterocycles. The van der Waals surface area contributed by atoms with Crippen molar-refractivity contribution in [1.29, 1.82) is 0 Å². The van der Waals surface area contributed by atoms with Crippen molar-refractivity contribution in [1.82, 2.24) is 0 Å². The molecule has 1 heteroatoms. The summed E-state index contributed by atoms with van der Waals surface area (Å²) in [7, 11) is 0. The molecular formula is C12H14O. The summed E-state index contributed by atoms with van der Waals surface area (Å²) < 4.78 is 5.23. The summed E-state index contributed by atoms with van der Waals surface area (Å²) in [4.78, 5) is 0. The van der Waals surface area contributed by atoms with Gasteiger partial charge in [-0.25, -0.2) is 0 Å². The molecule has 0 unspecified atom stereocenters. The SMILES string of the molecule is C(/CCc1ccccc1)=C1/CCO1. The number of hydrogen-bond donors (Lipinski definition) is 0. The molecule has 0 atom stereocenters. The van der Waals surface area contributed by atoms with Crippen LogP contribution in [-0.2, 0) is 11.2 Å². The van der Waals surface area contributed by atoms with Crippen LogP contribution in [0, 0.1) is 0 Å². The predicted octanol–water partition coefficient (Wildman–Crippen LogP) is 2.92. The standard InChI is InChI=1S/C12H14O/c1-2-5-11(6-3-1)7-4-8-12-9-10-13-12/h1-3,5-6,8H,4,7,9-10H2/b12-8+. The second kappa shape index (κ2) is 4.13. The zero-order valence-electron chi connectivity index (χ0n) is 7.70. The molecular weight excluding hydrogens is 160 g/mol. The molecule has 0 aromatic heterocycles. The van der Waals surface area contributed by atoms with E-state index in [0.29, 0.717) is 0 Å². The summed E-state index contributed by atoms with van der Waals surface area (Å²) in [6, 6.07) is 10.6. The minimum absolute atomic E-state index is 0.914. The third kappa shape index (κ3) is 2.35. The number of allylic oxidation sites excluding steroid dienone is 1. The highest BCUT2D eigenvalue weighted by Gasteiger charge is 2.07. The van der Waals surface area contributed by atoms with Gasteiger partial charge in [0.2, 0.25) is 0 Å². The molecule has 0 aliphatic carbocycles. The Morgan fingerprint density at radius 2 is 2.00 bits per heavy atom. The minimum Gasteiger partial charge on any atom is -0.498 e. The molecule has 1 heterocycles. The quantitative estimate of drug-likeness (QED) is 0.684. The Morgan fingerprint density at radius 1 is 1.23 bits per heavy atom. The summed E-state index contributed by atoms with van der Waals surface area (Å²) >= 11 is 0. The van der Waals surface area contributed by atoms with Crippen LogP contribution in [0.15, 0.2) is 42.2 Å². The van der Waals surface area contributed by atoms with Gasteiger partial charge in [-0.05, 0) is 24.5 Å². The number of ether oxygens (including phenoxy) is 1. The van der Waals surface area contributed by atoms with Crippen molar-refractivity contribution in [3.05, 3.63) is 47.7 Å². The Bertz CT molecular complexity index is 281. The largest absolute Gasteiger partial charge is 0.498 e. The van der Waals surface area contributed by atoms with Crippen LogP contribution in [-0.4, -0.2) is 6.61 Å². The highest BCUT2D eigenvalue weighted by atomic mass is 16.5. The van der Waals surface area contributed by atoms with Gasteiger partial charge in [-0.2, -0.15) is 0 Å². The zero-order chi connectivity index (χ0) is 8.93. The average Bonchev–Trinajstić information content (AvgIpc) is 2.11. The van der Waals surface area contributed by atoms with Gasteiger partial charge in [0, 0.05) is 6.42 Å². The Kier molecular flexibility index (Phi) is 2.65. The van der Waals surface area contributed by atoms with E-state index in [0.717, 1.165) is 25.9 Å². The number of benzene rings is 1. The summed E-state index contributed by atoms with van der Waals surface area (Å²) in [5, 5.41) is 0. The Balaban J connectivity index is 1.79. The van der Waals surface area contributed by atoms with Crippen LogP contribution in [0.1, 0.15) is 18.4 Å². The molecule has 1 aromatic carbocycles. The van der Waals surface area contributed by atoms with Crippen molar-refractivity contribution < 1.29 is 4.74 Å². The first-order valence-corrected chi connectivity index (χ1v) is 4.81. The molecule has 1 saturated heterocycles. The van der Waals surface area contributed by atoms with Crippen LogP contribution in [0.25, 0.3) is 0 Å². The molecule has 0 bridgehead atoms. The van der Waals surface area contributed by atoms with E-state index in [4.69, 9.17) is 4.74 Å². The normalized spacial score (nSPS) is 18.0. The molecule has 1 fully saturated rings. The lowest BCUT2D eigenvalue weighted by Crippen LogP contribution is -2.08. The monoisotopic (exact) mass is 174 g/mol. The van der Waals surface area contributed by atoms with E-state index in [1.54, 1.807) is 0 Å². The van der Waals surface area contributed by atoms with Gasteiger partial charge in [0.1, 0.15) is 0 Å². The van der Waals surface area contributed by atoms with Gasteiger partial charge in [0.15, 0.2) is 0 Å². The van der Waals surface area contributed by atoms with E-state index < -0.39 is 0 Å². The molecule has 1 aromatic rings. The summed E-state index contributed by atoms with van der Waals surface area (Å²) in [5.41, 5.74) is 1.40. The van der Waals surface area contributed by atoms with Crippen LogP contribution in [0.2, 0.25) is 0 Å². The van der Waals surface area contributed by atoms with Crippen LogP contribution in [0.4, 0.5) is 0 Å². The lowest BCUT2D eigenvalue weighted by molar-refractivity contribution is 0.117. The van der Waals surface area contributed by atoms with Crippen molar-refractivity contribution >= 4 is 0 Å². The van der Waals surface area contributed by atoms with Gasteiger partial charge < -0.3 is 4.74 Å². The third-order valence-electron chi connectivity index (χ3n) is 2.28. The first-order valence-electron chi connectivity index (χ1n) is 4.81. The van der Waals surface area contributed by atoms with E-state index >= 15 is 0 Å². The van der Waals surface area contributed by atoms with Gasteiger partial charge in [0.25, 0.3) is 0 Å². The van der Waals surface area contributed by atoms with E-state index in [2.05, 4.69) is 36.4 Å². The molecule has 0 spiro atoms. The van der Waals surface area contributed by atoms with Gasteiger partial charge in [-0.15, -0.1) is 0 Å². The molecule has 13 heavy (non-hydrogen) atoms. The molecule has 0 saturated carbocycles. The smallest absolute Gasteiger partial charge is 0.0954 e. The fourth-order valence-corrected chi connectivity index (χ4v) is 1.43. The highest BCUT2D eigenvalue weighted by Crippen LogP contribution is 2.16. The highest BCUT2D eigenvalue weighted by molar-refractivity contribution is 5.15. The van der Waals surface area contributed by atoms with E-state index in [1.807, 2.05) is 0 Å². The van der Waals surface area contributed by atoms with Gasteiger partial charge >= 0.3 is 0 Å². The van der Waals surface area contributed by atoms with Crippen LogP contribution < -0.4 is 0 Å². The van der Waals surface area contributed by atoms with Crippen molar-refractivity contribution in [2.24, 2.45) is 0 Å². The van der Waals surface area contributed by atoms with Crippen LogP contribution >= 0.6 is 0 Å². The number of rotatable bonds is 3. The lowest BCUT2D eigenvalue weighted by atomic mass is 10.1. The first kappa shape index (κ1) is 8.36. The topological polar surface area (TPSA) is 9.23 Å². The number of aryl methyl sites for hydroxylation is 1. The maximum absolute atomic E-state index is 5.23. The van der Waals surface area contributed by atoms with Crippen molar-refractivity contribution in [3.63, 3.8) is 0 Å². The average molecular weight is 174 g/mol. The van der Waals surface area contributed by atoms with Crippen molar-refractivity contribution in [2.75, 3.05) is 6.61 Å². The van der Waals surface area contributed by atoms with Crippen molar-refractivity contribution in [3.8, 4) is 0 Å². The lowest BCUT2D eigenvalue weighted by Gasteiger charge is -2.18. The second-order valence-electron chi connectivity index (χ2n) is 3.29. The summed E-state index contributed by atoms with van der Waals surface area (Å²) in [5.74, 6) is 1.18. The fraction of sp³-hybridized carbons (Fsp3) is 0.333. The molecule has 68 valence electrons. The molecule has 2 rings (SSSR count). The molecule has 0 radical (unpaired) electrons. The fourth-order valence-electron chi connectivity index (χ4n) is 1.43.